The summed E-state index contributed by atoms with van der Waals surface area (Å²) in [5, 5.41) is 6.98. The van der Waals surface area contributed by atoms with Crippen molar-refractivity contribution in [3.05, 3.63) is 35.4 Å². The van der Waals surface area contributed by atoms with Gasteiger partial charge < -0.3 is 9.84 Å². The van der Waals surface area contributed by atoms with Crippen molar-refractivity contribution in [2.45, 2.75) is 26.3 Å². The maximum atomic E-state index is 13.4. The van der Waals surface area contributed by atoms with Crippen LogP contribution >= 0.6 is 0 Å². The second-order valence-corrected chi connectivity index (χ2v) is 4.37. The van der Waals surface area contributed by atoms with Crippen LogP contribution in [0.1, 0.15) is 18.3 Å². The first-order valence-corrected chi connectivity index (χ1v) is 5.86. The van der Waals surface area contributed by atoms with Gasteiger partial charge in [0.25, 0.3) is 5.89 Å². The van der Waals surface area contributed by atoms with Crippen LogP contribution in [0.15, 0.2) is 22.7 Å². The number of rotatable bonds is 4. The summed E-state index contributed by atoms with van der Waals surface area (Å²) in [5.74, 6) is 0.705. The van der Waals surface area contributed by atoms with Gasteiger partial charge in [0.1, 0.15) is 5.82 Å². The number of nitrogens with one attached hydrogen (secondary N) is 1. The molecule has 0 saturated carbocycles. The number of nitrogens with zero attached hydrogens (tertiary/aromatic N) is 2. The normalized spacial score (nSPS) is 12.7. The van der Waals surface area contributed by atoms with Crippen LogP contribution in [0, 0.1) is 12.7 Å². The highest BCUT2D eigenvalue weighted by Gasteiger charge is 2.12. The Kier molecular flexibility index (Phi) is 3.72. The van der Waals surface area contributed by atoms with Gasteiger partial charge in [-0.05, 0) is 38.6 Å². The summed E-state index contributed by atoms with van der Waals surface area (Å²) >= 11 is 0. The third-order valence-corrected chi connectivity index (χ3v) is 2.87. The van der Waals surface area contributed by atoms with E-state index in [9.17, 15) is 4.39 Å². The number of aryl methyl sites for hydroxylation is 1. The van der Waals surface area contributed by atoms with Gasteiger partial charge in [-0.2, -0.15) is 4.98 Å². The number of aromatic nitrogens is 2. The van der Waals surface area contributed by atoms with E-state index in [4.69, 9.17) is 4.52 Å². The number of halogens is 1. The third kappa shape index (κ3) is 2.73. The van der Waals surface area contributed by atoms with Gasteiger partial charge in [0.05, 0.1) is 0 Å². The van der Waals surface area contributed by atoms with E-state index in [0.29, 0.717) is 29.3 Å². The van der Waals surface area contributed by atoms with Crippen molar-refractivity contribution in [1.82, 2.24) is 15.5 Å². The van der Waals surface area contributed by atoms with Crippen LogP contribution in [-0.4, -0.2) is 23.2 Å². The molecular formula is C13H16FN3O. The number of hydrogen-bond acceptors (Lipinski definition) is 4. The molecule has 0 bridgehead atoms. The fraction of sp³-hybridized carbons (Fsp3) is 0.385. The first-order chi connectivity index (χ1) is 8.60. The molecule has 0 aliphatic heterocycles. The van der Waals surface area contributed by atoms with Gasteiger partial charge in [0.15, 0.2) is 5.82 Å². The van der Waals surface area contributed by atoms with E-state index in [1.165, 1.54) is 6.07 Å². The fourth-order valence-electron chi connectivity index (χ4n) is 1.56. The van der Waals surface area contributed by atoms with E-state index < -0.39 is 0 Å². The largest absolute Gasteiger partial charge is 0.334 e. The lowest BCUT2D eigenvalue weighted by atomic mass is 10.1. The predicted molar refractivity (Wildman–Crippen MR) is 66.7 cm³/mol. The van der Waals surface area contributed by atoms with Gasteiger partial charge in [0.2, 0.25) is 0 Å². The molecule has 0 amide bonds. The minimum Gasteiger partial charge on any atom is -0.334 e. The van der Waals surface area contributed by atoms with E-state index >= 15 is 0 Å². The molecule has 1 N–H and O–H groups in total. The van der Waals surface area contributed by atoms with Crippen molar-refractivity contribution in [3.8, 4) is 11.5 Å². The minimum atomic E-state index is -0.268. The first-order valence-electron chi connectivity index (χ1n) is 5.86. The average molecular weight is 249 g/mol. The van der Waals surface area contributed by atoms with Crippen molar-refractivity contribution in [2.24, 2.45) is 0 Å². The van der Waals surface area contributed by atoms with E-state index in [2.05, 4.69) is 15.5 Å². The van der Waals surface area contributed by atoms with E-state index in [-0.39, 0.29) is 11.9 Å². The van der Waals surface area contributed by atoms with Crippen LogP contribution in [0.4, 0.5) is 4.39 Å². The topological polar surface area (TPSA) is 51.0 Å². The highest BCUT2D eigenvalue weighted by atomic mass is 19.1. The Morgan fingerprint density at radius 1 is 1.44 bits per heavy atom. The quantitative estimate of drug-likeness (QED) is 0.903. The molecule has 2 rings (SSSR count). The lowest BCUT2D eigenvalue weighted by Crippen LogP contribution is -2.24. The molecule has 18 heavy (non-hydrogen) atoms. The molecule has 0 aliphatic carbocycles. The van der Waals surface area contributed by atoms with Crippen molar-refractivity contribution in [2.75, 3.05) is 7.05 Å². The molecule has 5 heteroatoms. The molecular weight excluding hydrogens is 233 g/mol. The standard InChI is InChI=1S/C13H16FN3O/c1-8-4-5-10(7-11(8)14)13-16-12(17-18-13)6-9(2)15-3/h4-5,7,9,15H,6H2,1-3H3. The van der Waals surface area contributed by atoms with Crippen LogP contribution in [-0.2, 0) is 6.42 Å². The number of hydrogen-bond donors (Lipinski definition) is 1. The van der Waals surface area contributed by atoms with Gasteiger partial charge in [-0.25, -0.2) is 4.39 Å². The number of benzene rings is 1. The first kappa shape index (κ1) is 12.7. The molecule has 1 aromatic carbocycles. The smallest absolute Gasteiger partial charge is 0.258 e. The third-order valence-electron chi connectivity index (χ3n) is 2.87. The maximum Gasteiger partial charge on any atom is 0.258 e. The second-order valence-electron chi connectivity index (χ2n) is 4.37. The van der Waals surface area contributed by atoms with Crippen molar-refractivity contribution in [1.29, 1.82) is 0 Å². The summed E-state index contributed by atoms with van der Waals surface area (Å²) in [6.45, 7) is 3.74. The average Bonchev–Trinajstić information content (AvgIpc) is 2.81. The zero-order chi connectivity index (χ0) is 13.1. The van der Waals surface area contributed by atoms with Gasteiger partial charge in [-0.15, -0.1) is 0 Å². The molecule has 2 aromatic rings. The minimum absolute atomic E-state index is 0.268. The zero-order valence-corrected chi connectivity index (χ0v) is 10.7. The lowest BCUT2D eigenvalue weighted by Gasteiger charge is -2.04. The Morgan fingerprint density at radius 3 is 2.89 bits per heavy atom. The van der Waals surface area contributed by atoms with Crippen LogP contribution in [0.2, 0.25) is 0 Å². The van der Waals surface area contributed by atoms with Gasteiger partial charge >= 0.3 is 0 Å². The molecule has 1 unspecified atom stereocenters. The highest BCUT2D eigenvalue weighted by molar-refractivity contribution is 5.53. The lowest BCUT2D eigenvalue weighted by molar-refractivity contribution is 0.418. The zero-order valence-electron chi connectivity index (χ0n) is 10.7. The molecule has 4 nitrogen and oxygen atoms in total. The molecule has 96 valence electrons. The van der Waals surface area contributed by atoms with Crippen LogP contribution in [0.25, 0.3) is 11.5 Å². The second kappa shape index (κ2) is 5.27. The summed E-state index contributed by atoms with van der Waals surface area (Å²) in [4.78, 5) is 4.25. The summed E-state index contributed by atoms with van der Waals surface area (Å²) in [5.41, 5.74) is 1.20. The maximum absolute atomic E-state index is 13.4. The van der Waals surface area contributed by atoms with Crippen molar-refractivity contribution in [3.63, 3.8) is 0 Å². The molecule has 0 fully saturated rings. The van der Waals surface area contributed by atoms with Crippen LogP contribution < -0.4 is 5.32 Å². The summed E-state index contributed by atoms with van der Waals surface area (Å²) in [6.07, 6.45) is 0.675. The Morgan fingerprint density at radius 2 is 2.22 bits per heavy atom. The van der Waals surface area contributed by atoms with Crippen molar-refractivity contribution < 1.29 is 8.91 Å². The van der Waals surface area contributed by atoms with Gasteiger partial charge in [0, 0.05) is 18.0 Å². The number of likely N-dealkylation sites (N-methyl/N-ethyl adjacent to an activating group) is 1. The molecule has 0 radical (unpaired) electrons. The summed E-state index contributed by atoms with van der Waals surface area (Å²) in [7, 11) is 1.88. The SMILES string of the molecule is CNC(C)Cc1noc(-c2ccc(C)c(F)c2)n1. The Labute approximate surface area is 105 Å². The summed E-state index contributed by atoms with van der Waals surface area (Å²) in [6, 6.07) is 5.15. The van der Waals surface area contributed by atoms with Gasteiger partial charge in [-0.1, -0.05) is 11.2 Å². The molecule has 1 atom stereocenters. The molecule has 0 aliphatic rings. The molecule has 1 aromatic heterocycles. The van der Waals surface area contributed by atoms with Gasteiger partial charge in [-0.3, -0.25) is 0 Å². The van der Waals surface area contributed by atoms with E-state index in [1.807, 2.05) is 14.0 Å². The van der Waals surface area contributed by atoms with E-state index in [1.54, 1.807) is 19.1 Å². The Bertz CT molecular complexity index is 539. The molecule has 0 saturated heterocycles. The van der Waals surface area contributed by atoms with E-state index in [0.717, 1.165) is 0 Å². The van der Waals surface area contributed by atoms with Crippen molar-refractivity contribution >= 4 is 0 Å². The Hall–Kier alpha value is -1.75. The highest BCUT2D eigenvalue weighted by Crippen LogP contribution is 2.20. The molecule has 1 heterocycles. The fourth-order valence-corrected chi connectivity index (χ4v) is 1.56. The summed E-state index contributed by atoms with van der Waals surface area (Å²) < 4.78 is 18.6. The Balaban J connectivity index is 2.21. The van der Waals surface area contributed by atoms with Crippen LogP contribution in [0.3, 0.4) is 0 Å². The van der Waals surface area contributed by atoms with Crippen LogP contribution in [0.5, 0.6) is 0 Å². The monoisotopic (exact) mass is 249 g/mol. The predicted octanol–water partition coefficient (Wildman–Crippen LogP) is 2.33. The molecule has 0 spiro atoms.